The highest BCUT2D eigenvalue weighted by atomic mass is 16.2. The molecule has 3 rings (SSSR count). The van der Waals surface area contributed by atoms with Gasteiger partial charge < -0.3 is 9.80 Å². The minimum atomic E-state index is -0.360. The van der Waals surface area contributed by atoms with E-state index >= 15 is 0 Å². The van der Waals surface area contributed by atoms with Crippen LogP contribution in [0.25, 0.3) is 10.8 Å². The van der Waals surface area contributed by atoms with Crippen molar-refractivity contribution in [2.45, 2.75) is 45.6 Å². The Hall–Kier alpha value is -2.21. The van der Waals surface area contributed by atoms with E-state index in [1.165, 1.54) is 11.1 Å². The number of likely N-dealkylation sites (tertiary alicyclic amines) is 1. The van der Waals surface area contributed by atoms with E-state index in [0.717, 1.165) is 37.9 Å². The second kappa shape index (κ2) is 8.86. The summed E-state index contributed by atoms with van der Waals surface area (Å²) in [7, 11) is 4.21. The highest BCUT2D eigenvalue weighted by Gasteiger charge is 2.29. The maximum absolute atomic E-state index is 13.2. The number of amides is 1. The van der Waals surface area contributed by atoms with Crippen LogP contribution in [-0.2, 0) is 11.3 Å². The van der Waals surface area contributed by atoms with Crippen LogP contribution in [0.2, 0.25) is 0 Å². The number of hydrogen-bond acceptors (Lipinski definition) is 4. The van der Waals surface area contributed by atoms with Gasteiger partial charge in [-0.1, -0.05) is 18.2 Å². The second-order valence-electron chi connectivity index (χ2n) is 8.13. The topological polar surface area (TPSA) is 58.4 Å². The number of piperidine rings is 1. The van der Waals surface area contributed by atoms with Crippen LogP contribution in [0.15, 0.2) is 29.1 Å². The van der Waals surface area contributed by atoms with E-state index in [4.69, 9.17) is 0 Å². The molecule has 1 atom stereocenters. The van der Waals surface area contributed by atoms with E-state index in [9.17, 15) is 9.59 Å². The molecule has 2 heterocycles. The zero-order chi connectivity index (χ0) is 20.3. The van der Waals surface area contributed by atoms with Crippen LogP contribution in [0, 0.1) is 5.92 Å². The lowest BCUT2D eigenvalue weighted by atomic mass is 9.92. The number of carbonyl (C=O) groups excluding carboxylic acids is 1. The van der Waals surface area contributed by atoms with Gasteiger partial charge in [-0.05, 0) is 65.7 Å². The molecule has 0 unspecified atom stereocenters. The Morgan fingerprint density at radius 1 is 1.21 bits per heavy atom. The molecule has 152 valence electrons. The van der Waals surface area contributed by atoms with Gasteiger partial charge in [-0.25, -0.2) is 4.68 Å². The molecule has 1 saturated heterocycles. The van der Waals surface area contributed by atoms with Crippen molar-refractivity contribution in [3.05, 3.63) is 40.3 Å². The molecule has 1 aliphatic rings. The van der Waals surface area contributed by atoms with Gasteiger partial charge in [0.2, 0.25) is 5.91 Å². The third-order valence-electron chi connectivity index (χ3n) is 5.89. The summed E-state index contributed by atoms with van der Waals surface area (Å²) >= 11 is 0. The van der Waals surface area contributed by atoms with Crippen molar-refractivity contribution in [2.75, 3.05) is 33.7 Å². The van der Waals surface area contributed by atoms with Crippen LogP contribution in [0.1, 0.15) is 44.7 Å². The number of hydrogen-bond donors (Lipinski definition) is 0. The SMILES string of the molecule is CCn1nc([C@H](C)C(=O)N2CCC(CCN(C)C)CC2)c2ccccc2c1=O. The van der Waals surface area contributed by atoms with E-state index in [-0.39, 0.29) is 17.4 Å². The highest BCUT2D eigenvalue weighted by Crippen LogP contribution is 2.27. The summed E-state index contributed by atoms with van der Waals surface area (Å²) in [4.78, 5) is 29.9. The Bertz CT molecular complexity index is 882. The minimum Gasteiger partial charge on any atom is -0.342 e. The van der Waals surface area contributed by atoms with Crippen LogP contribution < -0.4 is 5.56 Å². The van der Waals surface area contributed by atoms with Gasteiger partial charge in [0, 0.05) is 25.0 Å². The lowest BCUT2D eigenvalue weighted by molar-refractivity contribution is -0.133. The van der Waals surface area contributed by atoms with Crippen molar-refractivity contribution in [3.8, 4) is 0 Å². The number of aromatic nitrogens is 2. The summed E-state index contributed by atoms with van der Waals surface area (Å²) in [6.45, 7) is 7.04. The second-order valence-corrected chi connectivity index (χ2v) is 8.13. The molecular weight excluding hydrogens is 352 g/mol. The number of rotatable bonds is 6. The zero-order valence-corrected chi connectivity index (χ0v) is 17.5. The number of aryl methyl sites for hydroxylation is 1. The average molecular weight is 385 g/mol. The molecular formula is C22H32N4O2. The first-order valence-corrected chi connectivity index (χ1v) is 10.4. The van der Waals surface area contributed by atoms with Gasteiger partial charge in [0.15, 0.2) is 0 Å². The normalized spacial score (nSPS) is 16.7. The Kier molecular flexibility index (Phi) is 6.50. The zero-order valence-electron chi connectivity index (χ0n) is 17.5. The molecule has 28 heavy (non-hydrogen) atoms. The molecule has 1 amide bonds. The molecule has 0 spiro atoms. The Labute approximate surface area is 167 Å². The smallest absolute Gasteiger partial charge is 0.274 e. The van der Waals surface area contributed by atoms with Crippen LogP contribution in [0.4, 0.5) is 0 Å². The van der Waals surface area contributed by atoms with Crippen molar-refractivity contribution < 1.29 is 4.79 Å². The monoisotopic (exact) mass is 384 g/mol. The van der Waals surface area contributed by atoms with Crippen molar-refractivity contribution in [1.29, 1.82) is 0 Å². The molecule has 1 fully saturated rings. The summed E-state index contributed by atoms with van der Waals surface area (Å²) in [6, 6.07) is 7.48. The fourth-order valence-electron chi connectivity index (χ4n) is 4.07. The summed E-state index contributed by atoms with van der Waals surface area (Å²) < 4.78 is 1.47. The predicted molar refractivity (Wildman–Crippen MR) is 113 cm³/mol. The van der Waals surface area contributed by atoms with Crippen LogP contribution in [-0.4, -0.2) is 59.2 Å². The van der Waals surface area contributed by atoms with Crippen molar-refractivity contribution in [2.24, 2.45) is 5.92 Å². The highest BCUT2D eigenvalue weighted by molar-refractivity contribution is 5.91. The number of fused-ring (bicyclic) bond motifs is 1. The molecule has 0 radical (unpaired) electrons. The summed E-state index contributed by atoms with van der Waals surface area (Å²) in [5, 5.41) is 5.98. The minimum absolute atomic E-state index is 0.0943. The molecule has 1 aromatic heterocycles. The summed E-state index contributed by atoms with van der Waals surface area (Å²) in [5.41, 5.74) is 0.611. The third kappa shape index (κ3) is 4.27. The van der Waals surface area contributed by atoms with Gasteiger partial charge in [-0.2, -0.15) is 5.10 Å². The predicted octanol–water partition coefficient (Wildman–Crippen LogP) is 2.71. The quantitative estimate of drug-likeness (QED) is 0.768. The van der Waals surface area contributed by atoms with E-state index in [0.29, 0.717) is 23.5 Å². The van der Waals surface area contributed by atoms with E-state index in [1.807, 2.05) is 43.0 Å². The third-order valence-corrected chi connectivity index (χ3v) is 5.89. The first kappa shape index (κ1) is 20.5. The maximum atomic E-state index is 13.2. The Morgan fingerprint density at radius 3 is 2.46 bits per heavy atom. The van der Waals surface area contributed by atoms with Gasteiger partial charge in [0.05, 0.1) is 17.0 Å². The molecule has 1 aromatic carbocycles. The number of benzene rings is 1. The van der Waals surface area contributed by atoms with Crippen molar-refractivity contribution >= 4 is 16.7 Å². The van der Waals surface area contributed by atoms with Crippen LogP contribution >= 0.6 is 0 Å². The largest absolute Gasteiger partial charge is 0.342 e. The Balaban J connectivity index is 1.77. The lowest BCUT2D eigenvalue weighted by Gasteiger charge is -2.34. The molecule has 1 aliphatic heterocycles. The Morgan fingerprint density at radius 2 is 1.86 bits per heavy atom. The van der Waals surface area contributed by atoms with E-state index in [1.54, 1.807) is 0 Å². The van der Waals surface area contributed by atoms with Gasteiger partial charge in [-0.3, -0.25) is 9.59 Å². The summed E-state index contributed by atoms with van der Waals surface area (Å²) in [5.74, 6) is 0.453. The average Bonchev–Trinajstić information content (AvgIpc) is 2.72. The molecule has 0 aliphatic carbocycles. The fraction of sp³-hybridized carbons (Fsp3) is 0.591. The van der Waals surface area contributed by atoms with Crippen LogP contribution in [0.5, 0.6) is 0 Å². The van der Waals surface area contributed by atoms with Crippen molar-refractivity contribution in [1.82, 2.24) is 19.6 Å². The van der Waals surface area contributed by atoms with Crippen LogP contribution in [0.3, 0.4) is 0 Å². The molecule has 0 bridgehead atoms. The van der Waals surface area contributed by atoms with E-state index < -0.39 is 0 Å². The lowest BCUT2D eigenvalue weighted by Crippen LogP contribution is -2.41. The van der Waals surface area contributed by atoms with Gasteiger partial charge in [-0.15, -0.1) is 0 Å². The van der Waals surface area contributed by atoms with Gasteiger partial charge >= 0.3 is 0 Å². The summed E-state index contributed by atoms with van der Waals surface area (Å²) in [6.07, 6.45) is 3.32. The fourth-order valence-corrected chi connectivity index (χ4v) is 4.07. The number of nitrogens with zero attached hydrogens (tertiary/aromatic N) is 4. The standard InChI is InChI=1S/C22H32N4O2/c1-5-26-22(28)19-9-7-6-8-18(19)20(23-26)16(2)21(27)25-14-11-17(12-15-25)10-13-24(3)4/h6-9,16-17H,5,10-15H2,1-4H3/t16-/m0/s1. The first-order chi connectivity index (χ1) is 13.4. The maximum Gasteiger partial charge on any atom is 0.274 e. The molecule has 6 nitrogen and oxygen atoms in total. The van der Waals surface area contributed by atoms with Gasteiger partial charge in [0.25, 0.3) is 5.56 Å². The van der Waals surface area contributed by atoms with Crippen molar-refractivity contribution in [3.63, 3.8) is 0 Å². The number of carbonyl (C=O) groups is 1. The van der Waals surface area contributed by atoms with Gasteiger partial charge in [0.1, 0.15) is 0 Å². The molecule has 2 aromatic rings. The first-order valence-electron chi connectivity index (χ1n) is 10.4. The molecule has 0 saturated carbocycles. The molecule has 0 N–H and O–H groups in total. The molecule has 6 heteroatoms. The van der Waals surface area contributed by atoms with E-state index in [2.05, 4.69) is 24.1 Å².